The van der Waals surface area contributed by atoms with Crippen LogP contribution in [0.15, 0.2) is 0 Å². The maximum absolute atomic E-state index is 11.7. The van der Waals surface area contributed by atoms with Gasteiger partial charge in [0.1, 0.15) is 6.04 Å². The normalized spacial score (nSPS) is 26.4. The molecule has 0 saturated carbocycles. The van der Waals surface area contributed by atoms with E-state index in [1.54, 1.807) is 7.05 Å². The Labute approximate surface area is 89.4 Å². The third kappa shape index (κ3) is 2.68. The summed E-state index contributed by atoms with van der Waals surface area (Å²) in [4.78, 5) is 24.2. The Morgan fingerprint density at radius 1 is 1.53 bits per heavy atom. The first-order chi connectivity index (χ1) is 7.07. The number of nitrogens with zero attached hydrogens (tertiary/aromatic N) is 1. The Bertz CT molecular complexity index is 255. The summed E-state index contributed by atoms with van der Waals surface area (Å²) in [5.41, 5.74) is 0. The van der Waals surface area contributed by atoms with Crippen molar-refractivity contribution < 1.29 is 14.7 Å². The maximum Gasteiger partial charge on any atom is 0.326 e. The third-order valence-corrected chi connectivity index (χ3v) is 2.83. The van der Waals surface area contributed by atoms with Gasteiger partial charge in [-0.3, -0.25) is 4.79 Å². The fourth-order valence-corrected chi connectivity index (χ4v) is 2.10. The first kappa shape index (κ1) is 12.0. The fraction of sp³-hybridized carbons (Fsp3) is 0.800. The number of hydrogen-bond donors (Lipinski definition) is 2. The van der Waals surface area contributed by atoms with E-state index in [2.05, 4.69) is 5.32 Å². The number of amides is 1. The fourth-order valence-electron chi connectivity index (χ4n) is 2.10. The third-order valence-electron chi connectivity index (χ3n) is 2.83. The van der Waals surface area contributed by atoms with Gasteiger partial charge in [0.2, 0.25) is 5.91 Å². The number of carboxylic acids is 1. The molecule has 86 valence electrons. The van der Waals surface area contributed by atoms with Crippen molar-refractivity contribution in [2.45, 2.75) is 25.8 Å². The molecule has 1 aliphatic rings. The zero-order valence-electron chi connectivity index (χ0n) is 9.19. The van der Waals surface area contributed by atoms with E-state index >= 15 is 0 Å². The Kier molecular flexibility index (Phi) is 4.08. The molecular weight excluding hydrogens is 196 g/mol. The molecule has 1 fully saturated rings. The van der Waals surface area contributed by atoms with Crippen LogP contribution in [0.5, 0.6) is 0 Å². The van der Waals surface area contributed by atoms with Gasteiger partial charge in [-0.15, -0.1) is 0 Å². The molecule has 0 spiro atoms. The molecule has 1 amide bonds. The number of nitrogens with one attached hydrogen (secondary N) is 1. The lowest BCUT2D eigenvalue weighted by Gasteiger charge is -2.37. The molecule has 0 aromatic carbocycles. The summed E-state index contributed by atoms with van der Waals surface area (Å²) >= 11 is 0. The molecule has 0 bridgehead atoms. The quantitative estimate of drug-likeness (QED) is 0.689. The van der Waals surface area contributed by atoms with Crippen LogP contribution in [-0.4, -0.2) is 48.1 Å². The summed E-state index contributed by atoms with van der Waals surface area (Å²) in [6.45, 7) is 2.65. The Morgan fingerprint density at radius 2 is 2.20 bits per heavy atom. The highest BCUT2D eigenvalue weighted by molar-refractivity contribution is 5.85. The van der Waals surface area contributed by atoms with E-state index < -0.39 is 12.0 Å². The van der Waals surface area contributed by atoms with Crippen LogP contribution in [0.2, 0.25) is 0 Å². The average Bonchev–Trinajstić information content (AvgIpc) is 2.17. The number of likely N-dealkylation sites (tertiary alicyclic amines) is 1. The first-order valence-electron chi connectivity index (χ1n) is 5.24. The number of rotatable bonds is 3. The number of carboxylic acid groups (broad SMARTS) is 1. The highest BCUT2D eigenvalue weighted by Crippen LogP contribution is 2.23. The molecule has 1 aliphatic heterocycles. The minimum atomic E-state index is -0.897. The minimum Gasteiger partial charge on any atom is -0.480 e. The summed E-state index contributed by atoms with van der Waals surface area (Å²) < 4.78 is 0. The largest absolute Gasteiger partial charge is 0.480 e. The summed E-state index contributed by atoms with van der Waals surface area (Å²) in [7, 11) is 1.68. The second-order valence-corrected chi connectivity index (χ2v) is 4.02. The van der Waals surface area contributed by atoms with E-state index in [0.717, 1.165) is 12.8 Å². The number of piperidine rings is 1. The van der Waals surface area contributed by atoms with Crippen LogP contribution in [-0.2, 0) is 9.59 Å². The molecule has 1 saturated heterocycles. The lowest BCUT2D eigenvalue weighted by molar-refractivity contribution is -0.154. The van der Waals surface area contributed by atoms with Gasteiger partial charge in [0.05, 0.1) is 6.54 Å². The number of hydrogen-bond acceptors (Lipinski definition) is 3. The van der Waals surface area contributed by atoms with Gasteiger partial charge >= 0.3 is 5.97 Å². The second-order valence-electron chi connectivity index (χ2n) is 4.02. The van der Waals surface area contributed by atoms with Crippen LogP contribution in [0.4, 0.5) is 0 Å². The highest BCUT2D eigenvalue weighted by Gasteiger charge is 2.36. The molecule has 0 aromatic heterocycles. The zero-order chi connectivity index (χ0) is 11.4. The molecule has 0 aromatic rings. The molecule has 1 rings (SSSR count). The van der Waals surface area contributed by atoms with Crippen LogP contribution in [0.25, 0.3) is 0 Å². The molecule has 5 heteroatoms. The number of aliphatic carboxylic acids is 1. The van der Waals surface area contributed by atoms with Gasteiger partial charge in [0.25, 0.3) is 0 Å². The topological polar surface area (TPSA) is 69.6 Å². The van der Waals surface area contributed by atoms with Crippen molar-refractivity contribution in [3.63, 3.8) is 0 Å². The van der Waals surface area contributed by atoms with Crippen molar-refractivity contribution in [2.75, 3.05) is 20.1 Å². The van der Waals surface area contributed by atoms with Crippen molar-refractivity contribution in [1.29, 1.82) is 0 Å². The minimum absolute atomic E-state index is 0.0389. The lowest BCUT2D eigenvalue weighted by atomic mass is 9.91. The second kappa shape index (κ2) is 5.11. The van der Waals surface area contributed by atoms with E-state index in [9.17, 15) is 9.59 Å². The van der Waals surface area contributed by atoms with Gasteiger partial charge in [-0.1, -0.05) is 6.92 Å². The Balaban J connectivity index is 2.74. The van der Waals surface area contributed by atoms with Crippen LogP contribution in [0.1, 0.15) is 19.8 Å². The zero-order valence-corrected chi connectivity index (χ0v) is 9.19. The molecule has 2 N–H and O–H groups in total. The van der Waals surface area contributed by atoms with Crippen LogP contribution in [0, 0.1) is 5.92 Å². The number of carbonyl (C=O) groups excluding carboxylic acids is 1. The predicted molar refractivity (Wildman–Crippen MR) is 55.5 cm³/mol. The van der Waals surface area contributed by atoms with E-state index in [0.29, 0.717) is 6.54 Å². The molecule has 0 aliphatic carbocycles. The SMILES string of the molecule is CNCC(=O)N1CCCC(C)C1C(=O)O. The van der Waals surface area contributed by atoms with Gasteiger partial charge in [0, 0.05) is 6.54 Å². The van der Waals surface area contributed by atoms with E-state index in [1.807, 2.05) is 6.92 Å². The van der Waals surface area contributed by atoms with Gasteiger partial charge in [-0.05, 0) is 25.8 Å². The Hall–Kier alpha value is -1.10. The summed E-state index contributed by atoms with van der Waals surface area (Å²) in [5.74, 6) is -0.986. The number of likely N-dealkylation sites (N-methyl/N-ethyl adjacent to an activating group) is 1. The monoisotopic (exact) mass is 214 g/mol. The molecule has 0 radical (unpaired) electrons. The standard InChI is InChI=1S/C10H18N2O3/c1-7-4-3-5-12(8(13)6-11-2)9(7)10(14)15/h7,9,11H,3-6H2,1-2H3,(H,14,15). The predicted octanol–water partition coefficient (Wildman–Crippen LogP) is -0.0825. The van der Waals surface area contributed by atoms with Crippen LogP contribution in [0.3, 0.4) is 0 Å². The van der Waals surface area contributed by atoms with Crippen molar-refractivity contribution in [2.24, 2.45) is 5.92 Å². The Morgan fingerprint density at radius 3 is 2.73 bits per heavy atom. The smallest absolute Gasteiger partial charge is 0.326 e. The maximum atomic E-state index is 11.7. The van der Waals surface area contributed by atoms with Gasteiger partial charge in [-0.2, -0.15) is 0 Å². The van der Waals surface area contributed by atoms with E-state index in [4.69, 9.17) is 5.11 Å². The molecule has 2 unspecified atom stereocenters. The molecule has 15 heavy (non-hydrogen) atoms. The molecular formula is C10H18N2O3. The average molecular weight is 214 g/mol. The highest BCUT2D eigenvalue weighted by atomic mass is 16.4. The van der Waals surface area contributed by atoms with Crippen molar-refractivity contribution in [3.05, 3.63) is 0 Å². The van der Waals surface area contributed by atoms with Crippen LogP contribution >= 0.6 is 0 Å². The molecule has 5 nitrogen and oxygen atoms in total. The van der Waals surface area contributed by atoms with Crippen molar-refractivity contribution in [1.82, 2.24) is 10.2 Å². The van der Waals surface area contributed by atoms with Gasteiger partial charge < -0.3 is 15.3 Å². The van der Waals surface area contributed by atoms with Crippen molar-refractivity contribution >= 4 is 11.9 Å². The summed E-state index contributed by atoms with van der Waals surface area (Å²) in [6.07, 6.45) is 1.76. The summed E-state index contributed by atoms with van der Waals surface area (Å²) in [5, 5.41) is 11.8. The molecule has 1 heterocycles. The van der Waals surface area contributed by atoms with Gasteiger partial charge in [-0.25, -0.2) is 4.79 Å². The lowest BCUT2D eigenvalue weighted by Crippen LogP contribution is -2.53. The van der Waals surface area contributed by atoms with Gasteiger partial charge in [0.15, 0.2) is 0 Å². The van der Waals surface area contributed by atoms with Crippen molar-refractivity contribution in [3.8, 4) is 0 Å². The number of carbonyl (C=O) groups is 2. The first-order valence-corrected chi connectivity index (χ1v) is 5.24. The molecule has 2 atom stereocenters. The summed E-state index contributed by atoms with van der Waals surface area (Å²) in [6, 6.07) is -0.653. The van der Waals surface area contributed by atoms with E-state index in [1.165, 1.54) is 4.90 Å². The van der Waals surface area contributed by atoms with Crippen LogP contribution < -0.4 is 5.32 Å². The van der Waals surface area contributed by atoms with E-state index in [-0.39, 0.29) is 18.4 Å².